The van der Waals surface area contributed by atoms with Gasteiger partial charge >= 0.3 is 0 Å². The summed E-state index contributed by atoms with van der Waals surface area (Å²) in [5.74, 6) is 2.11. The van der Waals surface area contributed by atoms with Crippen molar-refractivity contribution in [2.45, 2.75) is 58.2 Å². The number of aldehydes is 1. The number of hydrogen-bond donors (Lipinski definition) is 0. The van der Waals surface area contributed by atoms with Gasteiger partial charge in [-0.15, -0.1) is 0 Å². The second-order valence-corrected chi connectivity index (χ2v) is 6.70. The van der Waals surface area contributed by atoms with Crippen LogP contribution in [0.3, 0.4) is 0 Å². The van der Waals surface area contributed by atoms with Gasteiger partial charge in [-0.3, -0.25) is 0 Å². The summed E-state index contributed by atoms with van der Waals surface area (Å²) in [4.78, 5) is 10.9. The molecule has 0 aliphatic carbocycles. The number of benzene rings is 1. The van der Waals surface area contributed by atoms with Crippen molar-refractivity contribution in [2.24, 2.45) is 0 Å². The maximum Gasteiger partial charge on any atom is 0.138 e. The molecular weight excluding hydrogens is 320 g/mol. The number of carbonyl (C=O) groups is 1. The van der Waals surface area contributed by atoms with Crippen molar-refractivity contribution in [3.05, 3.63) is 21.2 Å². The molecule has 2 heterocycles. The highest BCUT2D eigenvalue weighted by atomic mass is 79.9. The van der Waals surface area contributed by atoms with E-state index in [-0.39, 0.29) is 18.1 Å². The molecule has 0 aromatic heterocycles. The molecule has 108 valence electrons. The van der Waals surface area contributed by atoms with E-state index in [1.807, 2.05) is 0 Å². The molecule has 0 saturated heterocycles. The van der Waals surface area contributed by atoms with Crippen molar-refractivity contribution >= 4 is 22.2 Å². The molecule has 0 amide bonds. The van der Waals surface area contributed by atoms with Gasteiger partial charge in [-0.25, -0.2) is 0 Å². The summed E-state index contributed by atoms with van der Waals surface area (Å²) in [7, 11) is 0. The SMILES string of the molecule is CC1Cc2c(c(Br)c3c(c2C(C)CC=O)OC(C)C3)O1. The highest BCUT2D eigenvalue weighted by molar-refractivity contribution is 9.10. The minimum absolute atomic E-state index is 0.169. The van der Waals surface area contributed by atoms with Gasteiger partial charge in [-0.05, 0) is 35.7 Å². The molecule has 0 saturated carbocycles. The molecule has 4 heteroatoms. The first kappa shape index (κ1) is 13.9. The van der Waals surface area contributed by atoms with Crippen LogP contribution in [0.25, 0.3) is 0 Å². The molecule has 0 spiro atoms. The van der Waals surface area contributed by atoms with Crippen molar-refractivity contribution in [3.8, 4) is 11.5 Å². The van der Waals surface area contributed by atoms with Crippen LogP contribution in [0.5, 0.6) is 11.5 Å². The summed E-state index contributed by atoms with van der Waals surface area (Å²) < 4.78 is 13.1. The number of carbonyl (C=O) groups excluding carboxylic acids is 1. The highest BCUT2D eigenvalue weighted by Gasteiger charge is 2.36. The van der Waals surface area contributed by atoms with Crippen molar-refractivity contribution in [1.29, 1.82) is 0 Å². The van der Waals surface area contributed by atoms with E-state index in [4.69, 9.17) is 9.47 Å². The highest BCUT2D eigenvalue weighted by Crippen LogP contribution is 2.51. The molecule has 3 atom stereocenters. The Morgan fingerprint density at radius 1 is 1.20 bits per heavy atom. The molecule has 20 heavy (non-hydrogen) atoms. The van der Waals surface area contributed by atoms with Gasteiger partial charge in [0.2, 0.25) is 0 Å². The largest absolute Gasteiger partial charge is 0.490 e. The standard InChI is InChI=1S/C16H19BrO3/c1-8(4-5-18)13-11-6-9(2)20-16(11)14(17)12-7-10(3)19-15(12)13/h5,8-10H,4,6-7H2,1-3H3. The van der Waals surface area contributed by atoms with E-state index in [2.05, 4.69) is 36.7 Å². The molecule has 2 aliphatic heterocycles. The Morgan fingerprint density at radius 3 is 2.45 bits per heavy atom. The van der Waals surface area contributed by atoms with Crippen molar-refractivity contribution in [1.82, 2.24) is 0 Å². The Kier molecular flexibility index (Phi) is 3.53. The van der Waals surface area contributed by atoms with Gasteiger partial charge in [0.25, 0.3) is 0 Å². The Morgan fingerprint density at radius 2 is 1.80 bits per heavy atom. The van der Waals surface area contributed by atoms with Crippen molar-refractivity contribution in [3.63, 3.8) is 0 Å². The minimum Gasteiger partial charge on any atom is -0.490 e. The second-order valence-electron chi connectivity index (χ2n) is 5.91. The van der Waals surface area contributed by atoms with Gasteiger partial charge in [0.1, 0.15) is 30.0 Å². The Balaban J connectivity index is 2.20. The summed E-state index contributed by atoms with van der Waals surface area (Å²) >= 11 is 3.69. The van der Waals surface area contributed by atoms with Crippen LogP contribution in [-0.4, -0.2) is 18.5 Å². The molecule has 1 aromatic rings. The minimum atomic E-state index is 0.169. The zero-order valence-electron chi connectivity index (χ0n) is 12.0. The summed E-state index contributed by atoms with van der Waals surface area (Å²) in [6.07, 6.45) is 3.65. The molecule has 3 rings (SSSR count). The fraction of sp³-hybridized carbons (Fsp3) is 0.562. The Bertz CT molecular complexity index is 528. The van der Waals surface area contributed by atoms with Gasteiger partial charge in [-0.2, -0.15) is 0 Å². The van der Waals surface area contributed by atoms with Crippen LogP contribution in [0.1, 0.15) is 49.8 Å². The average Bonchev–Trinajstić information content (AvgIpc) is 2.93. The maximum atomic E-state index is 10.9. The van der Waals surface area contributed by atoms with Gasteiger partial charge in [0, 0.05) is 36.0 Å². The number of halogens is 1. The lowest BCUT2D eigenvalue weighted by Gasteiger charge is -2.19. The third-order valence-electron chi connectivity index (χ3n) is 4.15. The monoisotopic (exact) mass is 338 g/mol. The average molecular weight is 339 g/mol. The fourth-order valence-electron chi connectivity index (χ4n) is 3.28. The first-order valence-electron chi connectivity index (χ1n) is 7.17. The van der Waals surface area contributed by atoms with E-state index < -0.39 is 0 Å². The first-order valence-corrected chi connectivity index (χ1v) is 7.96. The lowest BCUT2D eigenvalue weighted by atomic mass is 9.88. The second kappa shape index (κ2) is 5.06. The molecule has 0 bridgehead atoms. The van der Waals surface area contributed by atoms with E-state index in [1.54, 1.807) is 0 Å². The molecule has 0 N–H and O–H groups in total. The van der Waals surface area contributed by atoms with E-state index >= 15 is 0 Å². The lowest BCUT2D eigenvalue weighted by Crippen LogP contribution is -2.09. The van der Waals surface area contributed by atoms with Crippen LogP contribution in [0, 0.1) is 0 Å². The van der Waals surface area contributed by atoms with Crippen LogP contribution in [0.15, 0.2) is 4.47 Å². The molecule has 1 aromatic carbocycles. The van der Waals surface area contributed by atoms with E-state index in [0.717, 1.165) is 35.1 Å². The molecule has 3 unspecified atom stereocenters. The summed E-state index contributed by atoms with van der Waals surface area (Å²) in [6.45, 7) is 6.25. The molecular formula is C16H19BrO3. The van der Waals surface area contributed by atoms with E-state index in [1.165, 1.54) is 16.7 Å². The maximum absolute atomic E-state index is 10.9. The quantitative estimate of drug-likeness (QED) is 0.786. The zero-order chi connectivity index (χ0) is 14.4. The van der Waals surface area contributed by atoms with Crippen molar-refractivity contribution in [2.75, 3.05) is 0 Å². The van der Waals surface area contributed by atoms with Crippen LogP contribution in [0.4, 0.5) is 0 Å². The van der Waals surface area contributed by atoms with Gasteiger partial charge in [-0.1, -0.05) is 6.92 Å². The Labute approximate surface area is 127 Å². The fourth-order valence-corrected chi connectivity index (χ4v) is 3.95. The van der Waals surface area contributed by atoms with Crippen LogP contribution in [-0.2, 0) is 17.6 Å². The number of fused-ring (bicyclic) bond motifs is 2. The number of rotatable bonds is 3. The van der Waals surface area contributed by atoms with Crippen LogP contribution in [0.2, 0.25) is 0 Å². The van der Waals surface area contributed by atoms with Crippen LogP contribution < -0.4 is 9.47 Å². The third-order valence-corrected chi connectivity index (χ3v) is 4.98. The van der Waals surface area contributed by atoms with Crippen LogP contribution >= 0.6 is 15.9 Å². The Hall–Kier alpha value is -1.03. The summed E-state index contributed by atoms with van der Waals surface area (Å²) in [5.41, 5.74) is 3.59. The van der Waals surface area contributed by atoms with Crippen molar-refractivity contribution < 1.29 is 14.3 Å². The number of ether oxygens (including phenoxy) is 2. The zero-order valence-corrected chi connectivity index (χ0v) is 13.6. The molecule has 3 nitrogen and oxygen atoms in total. The summed E-state index contributed by atoms with van der Waals surface area (Å²) in [5, 5.41) is 0. The first-order chi connectivity index (χ1) is 9.52. The predicted octanol–water partition coefficient (Wildman–Crippen LogP) is 3.79. The predicted molar refractivity (Wildman–Crippen MR) is 80.8 cm³/mol. The van der Waals surface area contributed by atoms with Gasteiger partial charge in [0.15, 0.2) is 0 Å². The molecule has 2 aliphatic rings. The van der Waals surface area contributed by atoms with Gasteiger partial charge in [0.05, 0.1) is 4.47 Å². The van der Waals surface area contributed by atoms with Gasteiger partial charge < -0.3 is 14.3 Å². The third kappa shape index (κ3) is 2.05. The summed E-state index contributed by atoms with van der Waals surface area (Å²) in [6, 6.07) is 0. The topological polar surface area (TPSA) is 35.5 Å². The molecule has 0 radical (unpaired) electrons. The lowest BCUT2D eigenvalue weighted by molar-refractivity contribution is -0.108. The van der Waals surface area contributed by atoms with E-state index in [0.29, 0.717) is 6.42 Å². The molecule has 0 fully saturated rings. The van der Waals surface area contributed by atoms with E-state index in [9.17, 15) is 4.79 Å². The smallest absolute Gasteiger partial charge is 0.138 e. The normalized spacial score (nSPS) is 24.6. The number of hydrogen-bond acceptors (Lipinski definition) is 3.